The van der Waals surface area contributed by atoms with Gasteiger partial charge in [0.25, 0.3) is 0 Å². The molecule has 28 nitrogen and oxygen atoms in total. The van der Waals surface area contributed by atoms with Gasteiger partial charge in [0.05, 0.1) is 53.9 Å². The number of hydrogen-bond acceptors (Lipinski definition) is 19. The van der Waals surface area contributed by atoms with E-state index in [9.17, 15) is 52.7 Å². The summed E-state index contributed by atoms with van der Waals surface area (Å²) in [5.74, 6) is -2.68. The zero-order valence-corrected chi connectivity index (χ0v) is 69.6. The van der Waals surface area contributed by atoms with Crippen LogP contribution in [0.2, 0.25) is 0 Å². The number of alkyl carbamates (subject to hydrolysis) is 3. The van der Waals surface area contributed by atoms with Gasteiger partial charge < -0.3 is 75.2 Å². The monoisotopic (exact) mass is 1700 g/mol. The minimum absolute atomic E-state index is 0.0175. The number of ketones is 2. The fourth-order valence-corrected chi connectivity index (χ4v) is 15.7. The highest BCUT2D eigenvalue weighted by Crippen LogP contribution is 2.46. The summed E-state index contributed by atoms with van der Waals surface area (Å²) in [4.78, 5) is 149. The Morgan fingerprint density at radius 2 is 0.813 bits per heavy atom. The fourth-order valence-electron chi connectivity index (χ4n) is 15.6. The number of ether oxygens (including phenoxy) is 5. The minimum atomic E-state index is -0.689. The lowest BCUT2D eigenvalue weighted by atomic mass is 9.98. The van der Waals surface area contributed by atoms with E-state index < -0.39 is 71.7 Å². The number of nitrogens with one attached hydrogen (secondary N) is 6. The number of piperazine rings is 2. The molecule has 0 unspecified atom stereocenters. The van der Waals surface area contributed by atoms with E-state index in [4.69, 9.17) is 35.9 Å². The van der Waals surface area contributed by atoms with Crippen molar-refractivity contribution in [2.75, 3.05) is 124 Å². The number of carbonyl (C=O) groups excluding carboxylic acids is 11. The van der Waals surface area contributed by atoms with Crippen molar-refractivity contribution in [1.29, 1.82) is 0 Å². The van der Waals surface area contributed by atoms with Crippen LogP contribution in [0.15, 0.2) is 182 Å². The van der Waals surface area contributed by atoms with E-state index in [1.807, 2.05) is 89.5 Å². The second kappa shape index (κ2) is 40.4. The number of benzene rings is 8. The number of amides is 9. The van der Waals surface area contributed by atoms with Crippen LogP contribution in [0.25, 0.3) is 22.3 Å². The van der Waals surface area contributed by atoms with Gasteiger partial charge in [-0.3, -0.25) is 38.6 Å². The molecule has 642 valence electrons. The van der Waals surface area contributed by atoms with Crippen molar-refractivity contribution < 1.29 is 85.2 Å². The predicted molar refractivity (Wildman–Crippen MR) is 461 cm³/mol. The predicted octanol–water partition coefficient (Wildman–Crippen LogP) is 12.1. The average Bonchev–Trinajstić information content (AvgIpc) is 1.62. The third kappa shape index (κ3) is 22.7. The number of hydrogen-bond donors (Lipinski definition) is 6. The molecule has 8 aromatic rings. The number of rotatable bonds is 29. The molecule has 2 atom stereocenters. The van der Waals surface area contributed by atoms with Crippen molar-refractivity contribution >= 4 is 106 Å². The molecule has 6 aliphatic rings. The van der Waals surface area contributed by atoms with Gasteiger partial charge in [0.1, 0.15) is 55.7 Å². The summed E-state index contributed by atoms with van der Waals surface area (Å²) in [6.07, 6.45) is -3.42. The number of anilines is 4. The Labute approximate surface area is 716 Å². The first-order chi connectivity index (χ1) is 59.3. The van der Waals surface area contributed by atoms with E-state index in [0.717, 1.165) is 55.6 Å². The summed E-state index contributed by atoms with van der Waals surface area (Å²) in [6, 6.07) is 54.8. The molecule has 0 aromatic heterocycles. The summed E-state index contributed by atoms with van der Waals surface area (Å²) < 4.78 is 57.7. The Hall–Kier alpha value is -13.3. The van der Waals surface area contributed by atoms with Crippen molar-refractivity contribution in [3.05, 3.63) is 238 Å². The first-order valence-corrected chi connectivity index (χ1v) is 41.5. The molecule has 6 N–H and O–H groups in total. The van der Waals surface area contributed by atoms with Crippen LogP contribution in [0.5, 0.6) is 0 Å². The molecule has 0 saturated carbocycles. The SMILES string of the molecule is CC(C)(C)OC(=O)NC[C@H]1CN(c2ccc(N3CCN(C(=O)CCC(=O)c4ccc(CNC(=O)CNC(=O)OCC5c6ccccc6-c6ccccc65)cc4)CC3)c(F)c2)C(=O)O1.CCC(=S)NC[C@H]1CN(c2ccc(N3CCN(C(=O)CCC(=O)c4ccc(CNC(=O)CNC(=O)OCC5c6ccccc6-c6ccccc65)cc4)CC3)c(F)c2)C(=O)O1. The number of nitrogens with zero attached hydrogens (tertiary/aromatic N) is 6. The van der Waals surface area contributed by atoms with Crippen molar-refractivity contribution in [3.8, 4) is 22.3 Å². The maximum absolute atomic E-state index is 15.4. The van der Waals surface area contributed by atoms with Gasteiger partial charge in [-0.25, -0.2) is 32.8 Å². The zero-order chi connectivity index (χ0) is 86.8. The lowest BCUT2D eigenvalue weighted by Gasteiger charge is -2.36. The molecule has 8 aromatic carbocycles. The number of carbonyl (C=O) groups is 11. The van der Waals surface area contributed by atoms with E-state index in [1.165, 1.54) is 21.9 Å². The lowest BCUT2D eigenvalue weighted by molar-refractivity contribution is -0.132. The molecule has 4 fully saturated rings. The van der Waals surface area contributed by atoms with Gasteiger partial charge in [0.2, 0.25) is 23.6 Å². The van der Waals surface area contributed by atoms with Crippen LogP contribution in [0, 0.1) is 11.6 Å². The number of fused-ring (bicyclic) bond motifs is 6. The van der Waals surface area contributed by atoms with Crippen LogP contribution in [0.4, 0.5) is 55.5 Å². The number of Topliss-reactive ketones (excluding diaryl/α,β-unsaturated/α-hetero) is 2. The van der Waals surface area contributed by atoms with Gasteiger partial charge >= 0.3 is 30.5 Å². The van der Waals surface area contributed by atoms with Crippen LogP contribution in [0.1, 0.15) is 126 Å². The highest BCUT2D eigenvalue weighted by Gasteiger charge is 2.37. The summed E-state index contributed by atoms with van der Waals surface area (Å²) in [5, 5.41) is 16.2. The highest BCUT2D eigenvalue weighted by atomic mass is 32.1. The summed E-state index contributed by atoms with van der Waals surface area (Å²) in [5.41, 5.74) is 12.1. The van der Waals surface area contributed by atoms with E-state index >= 15 is 8.78 Å². The first kappa shape index (κ1) is 87.5. The average molecular weight is 1700 g/mol. The maximum Gasteiger partial charge on any atom is 0.414 e. The molecule has 2 aliphatic carbocycles. The molecule has 0 spiro atoms. The molecule has 0 bridgehead atoms. The van der Waals surface area contributed by atoms with Gasteiger partial charge in [-0.15, -0.1) is 0 Å². The van der Waals surface area contributed by atoms with Gasteiger partial charge in [-0.1, -0.05) is 165 Å². The standard InChI is InChI=1S/C47H51FN6O9.C45H47FN6O7S/c1-47(2,3)63-45(59)50-26-33-28-54(46(60)62-33)32-16-17-40(39(48)24-32)52-20-22-53(23-21-52)43(57)19-18-41(55)31-14-12-30(13-15-31)25-49-42(56)27-51-44(58)61-29-38-36-10-6-4-8-34(36)35-9-5-7-11-37(35)38;1-2-42(60)48-25-32-27-52(45(57)59-32)31-15-16-39(38(46)23-31)50-19-21-51(22-20-50)43(55)18-17-40(53)30-13-11-29(12-14-30)24-47-41(54)26-49-44(56)58-28-37-35-9-5-3-7-33(35)34-8-4-6-10-36(34)37/h4-17,24,33,38H,18-23,25-29H2,1-3H3,(H,49,56)(H,50,59)(H,51,58);3-16,23,32,37H,2,17-22,24-28H2,1H3,(H,47,54)(H,48,60)(H,49,56)/t33-;32-/m00/s1. The second-order valence-electron chi connectivity index (χ2n) is 31.4. The van der Waals surface area contributed by atoms with Crippen molar-refractivity contribution in [3.63, 3.8) is 0 Å². The lowest BCUT2D eigenvalue weighted by Crippen LogP contribution is -2.49. The van der Waals surface area contributed by atoms with Gasteiger partial charge in [0.15, 0.2) is 11.6 Å². The van der Waals surface area contributed by atoms with E-state index in [2.05, 4.69) is 56.2 Å². The molecule has 123 heavy (non-hydrogen) atoms. The molecule has 4 aliphatic heterocycles. The Kier molecular flexibility index (Phi) is 28.7. The summed E-state index contributed by atoms with van der Waals surface area (Å²) in [6.45, 7) is 11.2. The molecule has 14 rings (SSSR count). The van der Waals surface area contributed by atoms with Gasteiger partial charge in [0, 0.05) is 114 Å². The minimum Gasteiger partial charge on any atom is -0.449 e. The second-order valence-corrected chi connectivity index (χ2v) is 31.9. The van der Waals surface area contributed by atoms with Crippen molar-refractivity contribution in [2.24, 2.45) is 0 Å². The number of halogens is 2. The van der Waals surface area contributed by atoms with Crippen LogP contribution in [-0.2, 0) is 56.0 Å². The molecule has 31 heteroatoms. The van der Waals surface area contributed by atoms with E-state index in [0.29, 0.717) is 104 Å². The van der Waals surface area contributed by atoms with Crippen LogP contribution in [-0.4, -0.2) is 203 Å². The molecular formula is C92H98F2N12O16S. The molecule has 4 saturated heterocycles. The number of cyclic esters (lactones) is 2. The highest BCUT2D eigenvalue weighted by molar-refractivity contribution is 7.80. The Balaban J connectivity index is 0.000000212. The topological polar surface area (TPSA) is 326 Å². The third-order valence-electron chi connectivity index (χ3n) is 22.0. The van der Waals surface area contributed by atoms with Gasteiger partial charge in [-0.05, 0) is 119 Å². The van der Waals surface area contributed by atoms with Crippen molar-refractivity contribution in [2.45, 2.75) is 103 Å². The van der Waals surface area contributed by atoms with Crippen LogP contribution in [0.3, 0.4) is 0 Å². The molecule has 9 amide bonds. The first-order valence-electron chi connectivity index (χ1n) is 41.1. The molecule has 0 radical (unpaired) electrons. The molecular weight excluding hydrogens is 1600 g/mol. The third-order valence-corrected chi connectivity index (χ3v) is 22.5. The summed E-state index contributed by atoms with van der Waals surface area (Å²) >= 11 is 5.17. The summed E-state index contributed by atoms with van der Waals surface area (Å²) in [7, 11) is 0. The van der Waals surface area contributed by atoms with Gasteiger partial charge in [-0.2, -0.15) is 0 Å². The Morgan fingerprint density at radius 1 is 0.447 bits per heavy atom. The van der Waals surface area contributed by atoms with E-state index in [1.54, 1.807) is 103 Å². The van der Waals surface area contributed by atoms with E-state index in [-0.39, 0.29) is 120 Å². The normalized spacial score (nSPS) is 15.8. The van der Waals surface area contributed by atoms with Crippen LogP contribution >= 0.6 is 12.2 Å². The Morgan fingerprint density at radius 3 is 1.17 bits per heavy atom. The quantitative estimate of drug-likeness (QED) is 0.0144. The molecule has 4 heterocycles. The van der Waals surface area contributed by atoms with Crippen molar-refractivity contribution in [1.82, 2.24) is 41.7 Å². The largest absolute Gasteiger partial charge is 0.449 e. The van der Waals surface area contributed by atoms with Crippen LogP contribution < -0.4 is 51.5 Å². The zero-order valence-electron chi connectivity index (χ0n) is 68.8. The maximum atomic E-state index is 15.4. The number of thiocarbonyl (C=S) groups is 1. The fraction of sp³-hybridized carbons (Fsp3) is 0.348. The smallest absolute Gasteiger partial charge is 0.414 e. The Bertz CT molecular complexity index is 5180.